The van der Waals surface area contributed by atoms with Crippen LogP contribution in [-0.4, -0.2) is 41.3 Å². The first kappa shape index (κ1) is 16.6. The maximum atomic E-state index is 13.2. The van der Waals surface area contributed by atoms with Gasteiger partial charge in [0, 0.05) is 18.4 Å². The van der Waals surface area contributed by atoms with Crippen molar-refractivity contribution in [1.29, 1.82) is 0 Å². The lowest BCUT2D eigenvalue weighted by atomic mass is 9.39. The van der Waals surface area contributed by atoms with Gasteiger partial charge in [0.15, 0.2) is 0 Å². The second kappa shape index (κ2) is 4.97. The number of rotatable bonds is 2. The summed E-state index contributed by atoms with van der Waals surface area (Å²) in [4.78, 5) is 38.9. The molecule has 6 aliphatic rings. The lowest BCUT2D eigenvalue weighted by Crippen LogP contribution is -2.78. The van der Waals surface area contributed by atoms with E-state index in [-0.39, 0.29) is 31.0 Å². The predicted molar refractivity (Wildman–Crippen MR) is 88.3 cm³/mol. The standard InChI is InChI=1S/C20H20O8/c21-9-18-7-13(10-1-4-25-8-10)27-17(24)20(18)3-2-19(16(23)28-20)12-5-11(6-14(18)19)26-15(12)22/h1,4,8,11-14,21H,2-3,5-7,9H2. The number of cyclic esters (lactones) is 1. The fraction of sp³-hybridized carbons (Fsp3) is 0.650. The minimum Gasteiger partial charge on any atom is -0.472 e. The normalized spacial score (nSPS) is 48.4. The van der Waals surface area contributed by atoms with Crippen LogP contribution < -0.4 is 0 Å². The zero-order valence-corrected chi connectivity index (χ0v) is 15.1. The van der Waals surface area contributed by atoms with Crippen LogP contribution in [0.1, 0.15) is 43.8 Å². The second-order valence-corrected chi connectivity index (χ2v) is 8.86. The van der Waals surface area contributed by atoms with Crippen LogP contribution in [0, 0.1) is 22.7 Å². The quantitative estimate of drug-likeness (QED) is 0.595. The van der Waals surface area contributed by atoms with E-state index in [9.17, 15) is 19.5 Å². The lowest BCUT2D eigenvalue weighted by molar-refractivity contribution is -0.309. The van der Waals surface area contributed by atoms with Crippen LogP contribution in [0.5, 0.6) is 0 Å². The van der Waals surface area contributed by atoms with E-state index in [0.717, 1.165) is 0 Å². The molecule has 148 valence electrons. The summed E-state index contributed by atoms with van der Waals surface area (Å²) in [6.07, 6.45) is 4.00. The number of ether oxygens (including phenoxy) is 3. The highest BCUT2D eigenvalue weighted by atomic mass is 16.6. The Morgan fingerprint density at radius 3 is 2.68 bits per heavy atom. The summed E-state index contributed by atoms with van der Waals surface area (Å²) < 4.78 is 22.1. The van der Waals surface area contributed by atoms with Crippen LogP contribution in [0.2, 0.25) is 0 Å². The Balaban J connectivity index is 1.54. The van der Waals surface area contributed by atoms with Crippen molar-refractivity contribution >= 4 is 17.9 Å². The van der Waals surface area contributed by atoms with Gasteiger partial charge in [-0.1, -0.05) is 0 Å². The second-order valence-electron chi connectivity index (χ2n) is 8.86. The molecule has 8 heteroatoms. The number of esters is 3. The van der Waals surface area contributed by atoms with E-state index in [2.05, 4.69) is 0 Å². The maximum Gasteiger partial charge on any atom is 0.351 e. The van der Waals surface area contributed by atoms with Crippen LogP contribution in [0.3, 0.4) is 0 Å². The molecule has 0 amide bonds. The molecule has 7 rings (SSSR count). The Morgan fingerprint density at radius 1 is 1.11 bits per heavy atom. The van der Waals surface area contributed by atoms with Crippen LogP contribution >= 0.6 is 0 Å². The first-order valence-electron chi connectivity index (χ1n) is 9.75. The summed E-state index contributed by atoms with van der Waals surface area (Å²) >= 11 is 0. The summed E-state index contributed by atoms with van der Waals surface area (Å²) in [5, 5.41) is 10.7. The third kappa shape index (κ3) is 1.58. The monoisotopic (exact) mass is 388 g/mol. The van der Waals surface area contributed by atoms with E-state index in [1.165, 1.54) is 12.5 Å². The minimum atomic E-state index is -1.51. The summed E-state index contributed by atoms with van der Waals surface area (Å²) in [5.41, 5.74) is -2.86. The fourth-order valence-electron chi connectivity index (χ4n) is 6.91. The number of aliphatic hydroxyl groups is 1. The molecule has 1 N–H and O–H groups in total. The molecular formula is C20H20O8. The smallest absolute Gasteiger partial charge is 0.351 e. The van der Waals surface area contributed by atoms with E-state index in [4.69, 9.17) is 18.6 Å². The third-order valence-electron chi connectivity index (χ3n) is 8.14. The van der Waals surface area contributed by atoms with Crippen LogP contribution in [0.15, 0.2) is 23.0 Å². The molecule has 4 bridgehead atoms. The molecule has 4 aliphatic heterocycles. The molecule has 2 spiro atoms. The molecular weight excluding hydrogens is 368 g/mol. The summed E-state index contributed by atoms with van der Waals surface area (Å²) in [7, 11) is 0. The van der Waals surface area contributed by atoms with Crippen LogP contribution in [0.4, 0.5) is 0 Å². The van der Waals surface area contributed by atoms with Gasteiger partial charge in [0.2, 0.25) is 5.60 Å². The molecule has 2 aliphatic carbocycles. The van der Waals surface area contributed by atoms with E-state index < -0.39 is 40.4 Å². The molecule has 0 aromatic carbocycles. The van der Waals surface area contributed by atoms with Gasteiger partial charge in [0.05, 0.1) is 35.9 Å². The van der Waals surface area contributed by atoms with E-state index in [1.807, 2.05) is 0 Å². The van der Waals surface area contributed by atoms with Crippen LogP contribution in [0.25, 0.3) is 0 Å². The third-order valence-corrected chi connectivity index (χ3v) is 8.14. The Morgan fingerprint density at radius 2 is 1.96 bits per heavy atom. The topological polar surface area (TPSA) is 112 Å². The summed E-state index contributed by atoms with van der Waals surface area (Å²) in [6, 6.07) is 1.72. The average Bonchev–Trinajstić information content (AvgIpc) is 3.32. The van der Waals surface area contributed by atoms with Gasteiger partial charge >= 0.3 is 17.9 Å². The van der Waals surface area contributed by atoms with Gasteiger partial charge in [-0.2, -0.15) is 0 Å². The molecule has 4 saturated heterocycles. The van der Waals surface area contributed by atoms with Crippen molar-refractivity contribution in [3.63, 3.8) is 0 Å². The first-order chi connectivity index (χ1) is 13.5. The van der Waals surface area contributed by atoms with Gasteiger partial charge in [-0.15, -0.1) is 0 Å². The molecule has 5 heterocycles. The zero-order valence-electron chi connectivity index (χ0n) is 15.1. The number of hydrogen-bond acceptors (Lipinski definition) is 8. The van der Waals surface area contributed by atoms with Gasteiger partial charge in [0.25, 0.3) is 0 Å². The fourth-order valence-corrected chi connectivity index (χ4v) is 6.91. The van der Waals surface area contributed by atoms with Crippen molar-refractivity contribution in [2.75, 3.05) is 6.61 Å². The highest BCUT2D eigenvalue weighted by Crippen LogP contribution is 2.73. The SMILES string of the molecule is O=C1OC2CC1C13CCC4(OC1=O)C(=O)OC(c1ccoc1)CC4(CO)C3C2. The highest BCUT2D eigenvalue weighted by molar-refractivity contribution is 5.94. The van der Waals surface area contributed by atoms with Gasteiger partial charge in [-0.3, -0.25) is 9.59 Å². The highest BCUT2D eigenvalue weighted by Gasteiger charge is 2.82. The van der Waals surface area contributed by atoms with Crippen molar-refractivity contribution in [3.8, 4) is 0 Å². The van der Waals surface area contributed by atoms with Gasteiger partial charge in [-0.05, 0) is 31.2 Å². The van der Waals surface area contributed by atoms with Crippen molar-refractivity contribution in [1.82, 2.24) is 0 Å². The summed E-state index contributed by atoms with van der Waals surface area (Å²) in [6.45, 7) is -0.330. The number of furan rings is 1. The van der Waals surface area contributed by atoms with Gasteiger partial charge < -0.3 is 23.7 Å². The minimum absolute atomic E-state index is 0.251. The van der Waals surface area contributed by atoms with Crippen molar-refractivity contribution in [2.24, 2.45) is 22.7 Å². The largest absolute Gasteiger partial charge is 0.472 e. The molecule has 1 aromatic rings. The predicted octanol–water partition coefficient (Wildman–Crippen LogP) is 1.27. The Kier molecular flexibility index (Phi) is 2.95. The molecule has 0 radical (unpaired) electrons. The zero-order chi connectivity index (χ0) is 19.3. The number of carbonyl (C=O) groups excluding carboxylic acids is 3. The van der Waals surface area contributed by atoms with Crippen molar-refractivity contribution in [3.05, 3.63) is 24.2 Å². The Hall–Kier alpha value is -2.35. The lowest BCUT2D eigenvalue weighted by Gasteiger charge is -2.68. The molecule has 8 nitrogen and oxygen atoms in total. The molecule has 6 fully saturated rings. The molecule has 7 unspecified atom stereocenters. The van der Waals surface area contributed by atoms with Crippen molar-refractivity contribution in [2.45, 2.75) is 49.9 Å². The molecule has 28 heavy (non-hydrogen) atoms. The Bertz CT molecular complexity index is 892. The number of hydrogen-bond donors (Lipinski definition) is 1. The number of fused-ring (bicyclic) bond motifs is 4. The van der Waals surface area contributed by atoms with Crippen molar-refractivity contribution < 1.29 is 38.1 Å². The van der Waals surface area contributed by atoms with E-state index in [1.54, 1.807) is 6.07 Å². The van der Waals surface area contributed by atoms with Crippen LogP contribution in [-0.2, 0) is 28.6 Å². The average molecular weight is 388 g/mol. The van der Waals surface area contributed by atoms with E-state index in [0.29, 0.717) is 31.2 Å². The summed E-state index contributed by atoms with van der Waals surface area (Å²) in [5.74, 6) is -2.45. The van der Waals surface area contributed by atoms with E-state index >= 15 is 0 Å². The van der Waals surface area contributed by atoms with Gasteiger partial charge in [0.1, 0.15) is 12.2 Å². The molecule has 7 atom stereocenters. The molecule has 1 aromatic heterocycles. The first-order valence-corrected chi connectivity index (χ1v) is 9.75. The number of carbonyl (C=O) groups is 3. The number of aliphatic hydroxyl groups excluding tert-OH is 1. The van der Waals surface area contributed by atoms with Gasteiger partial charge in [-0.25, -0.2) is 4.79 Å². The Labute approximate surface area is 160 Å². The maximum absolute atomic E-state index is 13.2. The molecule has 2 saturated carbocycles.